The van der Waals surface area contributed by atoms with Gasteiger partial charge in [-0.25, -0.2) is 4.79 Å². The number of amides is 3. The van der Waals surface area contributed by atoms with E-state index >= 15 is 0 Å². The zero-order valence-electron chi connectivity index (χ0n) is 21.7. The number of aryl methyl sites for hydroxylation is 1. The first-order valence-electron chi connectivity index (χ1n) is 11.8. The Bertz CT molecular complexity index is 997. The molecule has 8 heteroatoms. The van der Waals surface area contributed by atoms with Crippen LogP contribution in [-0.2, 0) is 20.7 Å². The van der Waals surface area contributed by atoms with Crippen molar-refractivity contribution in [3.8, 4) is 5.75 Å². The summed E-state index contributed by atoms with van der Waals surface area (Å²) in [6.07, 6.45) is 0.164. The van der Waals surface area contributed by atoms with E-state index in [9.17, 15) is 14.4 Å². The van der Waals surface area contributed by atoms with Crippen molar-refractivity contribution in [1.82, 2.24) is 10.2 Å². The fraction of sp³-hybridized carbons (Fsp3) is 0.444. The molecule has 0 radical (unpaired) electrons. The summed E-state index contributed by atoms with van der Waals surface area (Å²) in [7, 11) is 1.57. The lowest BCUT2D eigenvalue weighted by atomic mass is 10.0. The Labute approximate surface area is 208 Å². The van der Waals surface area contributed by atoms with E-state index in [0.717, 1.165) is 12.0 Å². The fourth-order valence-electron chi connectivity index (χ4n) is 3.55. The van der Waals surface area contributed by atoms with E-state index in [1.165, 1.54) is 4.90 Å². The molecule has 8 nitrogen and oxygen atoms in total. The van der Waals surface area contributed by atoms with Crippen molar-refractivity contribution in [3.05, 3.63) is 59.7 Å². The Hall–Kier alpha value is -3.55. The molecule has 0 bridgehead atoms. The Balaban J connectivity index is 2.33. The molecule has 0 aliphatic rings. The number of hydrogen-bond donors (Lipinski definition) is 2. The van der Waals surface area contributed by atoms with Crippen LogP contribution in [0.3, 0.4) is 0 Å². The summed E-state index contributed by atoms with van der Waals surface area (Å²) in [6, 6.07) is 12.8. The Kier molecular flexibility index (Phi) is 9.68. The van der Waals surface area contributed by atoms with E-state index in [1.807, 2.05) is 24.3 Å². The van der Waals surface area contributed by atoms with Crippen LogP contribution in [0.5, 0.6) is 5.75 Å². The summed E-state index contributed by atoms with van der Waals surface area (Å²) < 4.78 is 10.5. The van der Waals surface area contributed by atoms with E-state index in [2.05, 4.69) is 17.6 Å². The molecule has 2 aromatic carbocycles. The maximum absolute atomic E-state index is 13.5. The molecule has 0 heterocycles. The number of carbonyl (C=O) groups excluding carboxylic acids is 3. The molecule has 0 spiro atoms. The summed E-state index contributed by atoms with van der Waals surface area (Å²) in [6.45, 7) is 10.9. The smallest absolute Gasteiger partial charge is 0.408 e. The SMILES string of the molecule is CCc1ccc(C(C(=O)Nc2ccc(OC)cc2)N(CC)C(=O)C(C)NC(=O)OC(C)(C)C)cc1. The van der Waals surface area contributed by atoms with Gasteiger partial charge in [0.2, 0.25) is 5.91 Å². The van der Waals surface area contributed by atoms with Crippen LogP contribution in [-0.4, -0.2) is 48.1 Å². The summed E-state index contributed by atoms with van der Waals surface area (Å²) in [5.74, 6) is -0.0889. The van der Waals surface area contributed by atoms with Gasteiger partial charge in [0.05, 0.1) is 7.11 Å². The number of nitrogens with zero attached hydrogens (tertiary/aromatic N) is 1. The normalized spacial score (nSPS) is 12.8. The van der Waals surface area contributed by atoms with E-state index in [-0.39, 0.29) is 12.5 Å². The van der Waals surface area contributed by atoms with E-state index in [0.29, 0.717) is 17.0 Å². The molecule has 2 aromatic rings. The fourth-order valence-corrected chi connectivity index (χ4v) is 3.55. The molecule has 2 rings (SSSR count). The van der Waals surface area contributed by atoms with Gasteiger partial charge in [-0.15, -0.1) is 0 Å². The first kappa shape index (κ1) is 27.7. The van der Waals surface area contributed by atoms with Gasteiger partial charge in [0.25, 0.3) is 5.91 Å². The van der Waals surface area contributed by atoms with Gasteiger partial charge < -0.3 is 25.0 Å². The molecule has 35 heavy (non-hydrogen) atoms. The monoisotopic (exact) mass is 483 g/mol. The first-order chi connectivity index (χ1) is 16.5. The second-order valence-electron chi connectivity index (χ2n) is 9.21. The van der Waals surface area contributed by atoms with Crippen LogP contribution in [0.25, 0.3) is 0 Å². The van der Waals surface area contributed by atoms with Crippen molar-refractivity contribution in [2.75, 3.05) is 19.0 Å². The maximum atomic E-state index is 13.5. The van der Waals surface area contributed by atoms with Crippen molar-refractivity contribution < 1.29 is 23.9 Å². The summed E-state index contributed by atoms with van der Waals surface area (Å²) >= 11 is 0. The summed E-state index contributed by atoms with van der Waals surface area (Å²) in [5.41, 5.74) is 1.68. The summed E-state index contributed by atoms with van der Waals surface area (Å²) in [5, 5.41) is 5.48. The Morgan fingerprint density at radius 2 is 1.57 bits per heavy atom. The Morgan fingerprint density at radius 1 is 0.971 bits per heavy atom. The number of anilines is 1. The number of carbonyl (C=O) groups is 3. The maximum Gasteiger partial charge on any atom is 0.408 e. The average Bonchev–Trinajstić information content (AvgIpc) is 2.81. The molecule has 190 valence electrons. The highest BCUT2D eigenvalue weighted by Crippen LogP contribution is 2.25. The molecule has 0 saturated carbocycles. The van der Waals surface area contributed by atoms with E-state index < -0.39 is 29.7 Å². The molecule has 0 fully saturated rings. The zero-order chi connectivity index (χ0) is 26.2. The van der Waals surface area contributed by atoms with E-state index in [1.54, 1.807) is 66.0 Å². The van der Waals surface area contributed by atoms with Crippen molar-refractivity contribution in [3.63, 3.8) is 0 Å². The highest BCUT2D eigenvalue weighted by atomic mass is 16.6. The molecule has 2 unspecified atom stereocenters. The van der Waals surface area contributed by atoms with Gasteiger partial charge in [-0.05, 0) is 76.4 Å². The third-order valence-corrected chi connectivity index (χ3v) is 5.35. The van der Waals surface area contributed by atoms with Crippen LogP contribution in [0.15, 0.2) is 48.5 Å². The number of likely N-dealkylation sites (N-methyl/N-ethyl adjacent to an activating group) is 1. The number of hydrogen-bond acceptors (Lipinski definition) is 5. The van der Waals surface area contributed by atoms with Gasteiger partial charge in [0, 0.05) is 12.2 Å². The highest BCUT2D eigenvalue weighted by molar-refractivity contribution is 5.99. The zero-order valence-corrected chi connectivity index (χ0v) is 21.7. The number of nitrogens with one attached hydrogen (secondary N) is 2. The van der Waals surface area contributed by atoms with Gasteiger partial charge in [-0.3, -0.25) is 9.59 Å². The second kappa shape index (κ2) is 12.2. The average molecular weight is 484 g/mol. The van der Waals surface area contributed by atoms with Crippen LogP contribution in [0, 0.1) is 0 Å². The van der Waals surface area contributed by atoms with Crippen LogP contribution in [0.1, 0.15) is 58.7 Å². The quantitative estimate of drug-likeness (QED) is 0.539. The molecule has 2 atom stereocenters. The van der Waals surface area contributed by atoms with Crippen LogP contribution >= 0.6 is 0 Å². The Morgan fingerprint density at radius 3 is 2.06 bits per heavy atom. The van der Waals surface area contributed by atoms with Crippen LogP contribution in [0.4, 0.5) is 10.5 Å². The third kappa shape index (κ3) is 8.02. The molecule has 0 aliphatic carbocycles. The van der Waals surface area contributed by atoms with Gasteiger partial charge >= 0.3 is 6.09 Å². The molecule has 2 N–H and O–H groups in total. The molecule has 0 aliphatic heterocycles. The topological polar surface area (TPSA) is 97.0 Å². The van der Waals surface area contributed by atoms with Crippen molar-refractivity contribution in [1.29, 1.82) is 0 Å². The lowest BCUT2D eigenvalue weighted by Crippen LogP contribution is -2.51. The minimum absolute atomic E-state index is 0.259. The lowest BCUT2D eigenvalue weighted by molar-refractivity contribution is -0.140. The molecule has 0 aromatic heterocycles. The van der Waals surface area contributed by atoms with Gasteiger partial charge in [-0.1, -0.05) is 31.2 Å². The predicted molar refractivity (Wildman–Crippen MR) is 136 cm³/mol. The molecular weight excluding hydrogens is 446 g/mol. The largest absolute Gasteiger partial charge is 0.497 e. The highest BCUT2D eigenvalue weighted by Gasteiger charge is 2.34. The van der Waals surface area contributed by atoms with Crippen molar-refractivity contribution in [2.24, 2.45) is 0 Å². The number of ether oxygens (including phenoxy) is 2. The molecule has 3 amide bonds. The van der Waals surface area contributed by atoms with Gasteiger partial charge in [0.1, 0.15) is 23.4 Å². The van der Waals surface area contributed by atoms with Gasteiger partial charge in [-0.2, -0.15) is 0 Å². The van der Waals surface area contributed by atoms with Gasteiger partial charge in [0.15, 0.2) is 0 Å². The molecule has 0 saturated heterocycles. The number of benzene rings is 2. The van der Waals surface area contributed by atoms with Crippen LogP contribution in [0.2, 0.25) is 0 Å². The van der Waals surface area contributed by atoms with Crippen LogP contribution < -0.4 is 15.4 Å². The van der Waals surface area contributed by atoms with Crippen molar-refractivity contribution in [2.45, 2.75) is 65.6 Å². The van der Waals surface area contributed by atoms with E-state index in [4.69, 9.17) is 9.47 Å². The minimum Gasteiger partial charge on any atom is -0.497 e. The lowest BCUT2D eigenvalue weighted by Gasteiger charge is -2.33. The second-order valence-corrected chi connectivity index (χ2v) is 9.21. The number of methoxy groups -OCH3 is 1. The van der Waals surface area contributed by atoms with Crippen molar-refractivity contribution >= 4 is 23.6 Å². The number of rotatable bonds is 9. The first-order valence-corrected chi connectivity index (χ1v) is 11.8. The standard InChI is InChI=1S/C27H37N3O5/c1-8-19-10-12-20(13-11-19)23(24(31)29-21-14-16-22(34-7)17-15-21)30(9-2)25(32)18(3)28-26(33)35-27(4,5)6/h10-18,23H,8-9H2,1-7H3,(H,28,33)(H,29,31). The predicted octanol–water partition coefficient (Wildman–Crippen LogP) is 4.70. The third-order valence-electron chi connectivity index (χ3n) is 5.35. The summed E-state index contributed by atoms with van der Waals surface area (Å²) in [4.78, 5) is 40.6. The minimum atomic E-state index is -0.900. The number of alkyl carbamates (subject to hydrolysis) is 1. The molecular formula is C27H37N3O5.